The molecule has 6 nitrogen and oxygen atoms in total. The second-order valence-electron chi connectivity index (χ2n) is 6.95. The number of pyridine rings is 1. The van der Waals surface area contributed by atoms with Gasteiger partial charge in [-0.15, -0.1) is 0 Å². The highest BCUT2D eigenvalue weighted by molar-refractivity contribution is 5.92. The van der Waals surface area contributed by atoms with Gasteiger partial charge < -0.3 is 19.3 Å². The molecule has 0 radical (unpaired) electrons. The number of benzene rings is 1. The fourth-order valence-electron chi connectivity index (χ4n) is 3.20. The minimum atomic E-state index is 0.0212. The van der Waals surface area contributed by atoms with Gasteiger partial charge in [0.25, 0.3) is 0 Å². The fourth-order valence-corrected chi connectivity index (χ4v) is 3.20. The topological polar surface area (TPSA) is 54.9 Å². The Labute approximate surface area is 172 Å². The third-order valence-electron chi connectivity index (χ3n) is 4.93. The molecule has 2 heterocycles. The summed E-state index contributed by atoms with van der Waals surface area (Å²) in [7, 11) is 1.63. The summed E-state index contributed by atoms with van der Waals surface area (Å²) in [5.41, 5.74) is 0.908. The molecule has 1 saturated heterocycles. The van der Waals surface area contributed by atoms with Crippen molar-refractivity contribution in [2.45, 2.75) is 19.8 Å². The normalized spacial score (nSPS) is 14.3. The average Bonchev–Trinajstić information content (AvgIpc) is 2.79. The maximum absolute atomic E-state index is 12.6. The number of amides is 1. The summed E-state index contributed by atoms with van der Waals surface area (Å²) >= 11 is 0. The Hall–Kier alpha value is -3.02. The van der Waals surface area contributed by atoms with Crippen LogP contribution < -0.4 is 14.4 Å². The number of methoxy groups -OCH3 is 1. The van der Waals surface area contributed by atoms with E-state index in [2.05, 4.69) is 16.8 Å². The van der Waals surface area contributed by atoms with Gasteiger partial charge in [0.2, 0.25) is 5.91 Å². The van der Waals surface area contributed by atoms with Crippen LogP contribution in [0.3, 0.4) is 0 Å². The van der Waals surface area contributed by atoms with Crippen LogP contribution in [0.15, 0.2) is 48.7 Å². The number of aromatic nitrogens is 1. The molecule has 1 aliphatic rings. The number of anilines is 1. The minimum Gasteiger partial charge on any atom is -0.493 e. The summed E-state index contributed by atoms with van der Waals surface area (Å²) in [6.07, 6.45) is 7.34. The highest BCUT2D eigenvalue weighted by Gasteiger charge is 2.20. The lowest BCUT2D eigenvalue weighted by Gasteiger charge is -2.34. The lowest BCUT2D eigenvalue weighted by Crippen LogP contribution is -2.48. The Bertz CT molecular complexity index is 815. The van der Waals surface area contributed by atoms with Gasteiger partial charge in [-0.3, -0.25) is 4.79 Å². The summed E-state index contributed by atoms with van der Waals surface area (Å²) in [4.78, 5) is 21.0. The summed E-state index contributed by atoms with van der Waals surface area (Å²) in [6, 6.07) is 11.6. The molecule has 0 atom stereocenters. The Kier molecular flexibility index (Phi) is 7.50. The molecule has 0 aliphatic carbocycles. The van der Waals surface area contributed by atoms with Crippen LogP contribution >= 0.6 is 0 Å². The standard InChI is InChI=1S/C23H29N3O3/c1-3-4-17-29-20-10-8-19(18-21(20)28-2)9-11-23(27)26-15-13-25(14-16-26)22-7-5-6-12-24-22/h5-12,18H,3-4,13-17H2,1-2H3/b11-9+. The van der Waals surface area contributed by atoms with Crippen molar-refractivity contribution in [2.75, 3.05) is 44.8 Å². The van der Waals surface area contributed by atoms with Crippen molar-refractivity contribution in [3.05, 3.63) is 54.2 Å². The third-order valence-corrected chi connectivity index (χ3v) is 4.93. The zero-order valence-electron chi connectivity index (χ0n) is 17.2. The number of nitrogens with zero attached hydrogens (tertiary/aromatic N) is 3. The maximum atomic E-state index is 12.6. The first-order chi connectivity index (χ1) is 14.2. The maximum Gasteiger partial charge on any atom is 0.246 e. The largest absolute Gasteiger partial charge is 0.493 e. The van der Waals surface area contributed by atoms with Crippen LogP contribution in [0.4, 0.5) is 5.82 Å². The van der Waals surface area contributed by atoms with Crippen molar-refractivity contribution in [1.82, 2.24) is 9.88 Å². The van der Waals surface area contributed by atoms with Gasteiger partial charge in [0.05, 0.1) is 13.7 Å². The fraction of sp³-hybridized carbons (Fsp3) is 0.391. The molecular weight excluding hydrogens is 366 g/mol. The molecule has 1 aliphatic heterocycles. The molecule has 154 valence electrons. The molecule has 0 bridgehead atoms. The van der Waals surface area contributed by atoms with Crippen LogP contribution in [0.2, 0.25) is 0 Å². The Morgan fingerprint density at radius 2 is 1.97 bits per heavy atom. The summed E-state index contributed by atoms with van der Waals surface area (Å²) in [6.45, 7) is 5.75. The number of carbonyl (C=O) groups excluding carboxylic acids is 1. The van der Waals surface area contributed by atoms with Crippen LogP contribution in [0, 0.1) is 0 Å². The van der Waals surface area contributed by atoms with Crippen molar-refractivity contribution in [2.24, 2.45) is 0 Å². The van der Waals surface area contributed by atoms with Crippen molar-refractivity contribution >= 4 is 17.8 Å². The van der Waals surface area contributed by atoms with Gasteiger partial charge in [0.15, 0.2) is 11.5 Å². The van der Waals surface area contributed by atoms with Gasteiger partial charge >= 0.3 is 0 Å². The molecule has 0 N–H and O–H groups in total. The van der Waals surface area contributed by atoms with Gasteiger partial charge in [-0.25, -0.2) is 4.98 Å². The van der Waals surface area contributed by atoms with E-state index in [0.29, 0.717) is 25.4 Å². The molecule has 3 rings (SSSR count). The number of ether oxygens (including phenoxy) is 2. The summed E-state index contributed by atoms with van der Waals surface area (Å²) in [5.74, 6) is 2.39. The predicted octanol–water partition coefficient (Wildman–Crippen LogP) is 3.63. The zero-order valence-corrected chi connectivity index (χ0v) is 17.2. The zero-order chi connectivity index (χ0) is 20.5. The van der Waals surface area contributed by atoms with Crippen molar-refractivity contribution < 1.29 is 14.3 Å². The number of piperazine rings is 1. The molecule has 2 aromatic rings. The number of hydrogen-bond acceptors (Lipinski definition) is 5. The molecule has 0 saturated carbocycles. The lowest BCUT2D eigenvalue weighted by atomic mass is 10.1. The molecule has 6 heteroatoms. The Morgan fingerprint density at radius 3 is 2.66 bits per heavy atom. The molecule has 1 aromatic carbocycles. The van der Waals surface area contributed by atoms with Crippen LogP contribution in [0.25, 0.3) is 6.08 Å². The van der Waals surface area contributed by atoms with E-state index in [4.69, 9.17) is 9.47 Å². The van der Waals surface area contributed by atoms with Gasteiger partial charge in [0, 0.05) is 38.5 Å². The first kappa shape index (κ1) is 20.7. The van der Waals surface area contributed by atoms with E-state index >= 15 is 0 Å². The molecule has 0 spiro atoms. The number of unbranched alkanes of at least 4 members (excludes halogenated alkanes) is 1. The van der Waals surface area contributed by atoms with Gasteiger partial charge in [-0.1, -0.05) is 25.5 Å². The van der Waals surface area contributed by atoms with Gasteiger partial charge in [-0.05, 0) is 42.3 Å². The van der Waals surface area contributed by atoms with Crippen LogP contribution in [-0.4, -0.2) is 55.7 Å². The Morgan fingerprint density at radius 1 is 1.14 bits per heavy atom. The second-order valence-corrected chi connectivity index (χ2v) is 6.95. The molecule has 1 aromatic heterocycles. The monoisotopic (exact) mass is 395 g/mol. The number of carbonyl (C=O) groups is 1. The van der Waals surface area contributed by atoms with E-state index in [9.17, 15) is 4.79 Å². The number of rotatable bonds is 8. The molecule has 1 amide bonds. The van der Waals surface area contributed by atoms with Crippen molar-refractivity contribution in [3.63, 3.8) is 0 Å². The SMILES string of the molecule is CCCCOc1ccc(/C=C/C(=O)N2CCN(c3ccccn3)CC2)cc1OC. The average molecular weight is 396 g/mol. The predicted molar refractivity (Wildman–Crippen MR) is 115 cm³/mol. The molecular formula is C23H29N3O3. The van der Waals surface area contributed by atoms with Gasteiger partial charge in [-0.2, -0.15) is 0 Å². The highest BCUT2D eigenvalue weighted by Crippen LogP contribution is 2.28. The van der Waals surface area contributed by atoms with E-state index in [0.717, 1.165) is 43.1 Å². The Balaban J connectivity index is 1.55. The molecule has 29 heavy (non-hydrogen) atoms. The minimum absolute atomic E-state index is 0.0212. The molecule has 1 fully saturated rings. The van der Waals surface area contributed by atoms with Crippen LogP contribution in [-0.2, 0) is 4.79 Å². The van der Waals surface area contributed by atoms with E-state index in [1.165, 1.54) is 0 Å². The van der Waals surface area contributed by atoms with Crippen molar-refractivity contribution in [1.29, 1.82) is 0 Å². The number of hydrogen-bond donors (Lipinski definition) is 0. The van der Waals surface area contributed by atoms with E-state index in [1.807, 2.05) is 47.4 Å². The quantitative estimate of drug-likeness (QED) is 0.505. The van der Waals surface area contributed by atoms with Crippen molar-refractivity contribution in [3.8, 4) is 11.5 Å². The van der Waals surface area contributed by atoms with E-state index in [1.54, 1.807) is 19.4 Å². The van der Waals surface area contributed by atoms with Crippen LogP contribution in [0.1, 0.15) is 25.3 Å². The summed E-state index contributed by atoms with van der Waals surface area (Å²) in [5, 5.41) is 0. The van der Waals surface area contributed by atoms with E-state index in [-0.39, 0.29) is 5.91 Å². The smallest absolute Gasteiger partial charge is 0.246 e. The lowest BCUT2D eigenvalue weighted by molar-refractivity contribution is -0.126. The third kappa shape index (κ3) is 5.73. The first-order valence-electron chi connectivity index (χ1n) is 10.1. The molecule has 0 unspecified atom stereocenters. The van der Waals surface area contributed by atoms with E-state index < -0.39 is 0 Å². The first-order valence-corrected chi connectivity index (χ1v) is 10.1. The summed E-state index contributed by atoms with van der Waals surface area (Å²) < 4.78 is 11.2. The van der Waals surface area contributed by atoms with Gasteiger partial charge in [0.1, 0.15) is 5.82 Å². The van der Waals surface area contributed by atoms with Crippen LogP contribution in [0.5, 0.6) is 11.5 Å². The second kappa shape index (κ2) is 10.5. The highest BCUT2D eigenvalue weighted by atomic mass is 16.5.